The molecular weight excluding hydrogens is 212 g/mol. The number of benzene rings is 1. The molecule has 0 spiro atoms. The first-order valence-corrected chi connectivity index (χ1v) is 6.08. The molecule has 1 aliphatic rings. The molecule has 1 atom stereocenters. The monoisotopic (exact) mass is 228 g/mol. The highest BCUT2D eigenvalue weighted by atomic mass is 16.5. The van der Waals surface area contributed by atoms with Crippen molar-refractivity contribution in [2.45, 2.75) is 32.2 Å². The number of hydrogen-bond donors (Lipinski definition) is 1. The van der Waals surface area contributed by atoms with E-state index in [0.29, 0.717) is 0 Å². The summed E-state index contributed by atoms with van der Waals surface area (Å²) in [6, 6.07) is 8.38. The Kier molecular flexibility index (Phi) is 2.48. The van der Waals surface area contributed by atoms with Crippen molar-refractivity contribution in [2.24, 2.45) is 5.73 Å². The quantitative estimate of drug-likeness (QED) is 0.859. The fraction of sp³-hybridized carbons (Fsp3) is 0.357. The molecule has 1 aromatic carbocycles. The zero-order valence-corrected chi connectivity index (χ0v) is 9.94. The fourth-order valence-electron chi connectivity index (χ4n) is 2.37. The minimum atomic E-state index is -0.106. The number of nitrogens with zero attached hydrogens (tertiary/aromatic N) is 1. The van der Waals surface area contributed by atoms with Crippen molar-refractivity contribution in [1.29, 1.82) is 0 Å². The molecule has 3 rings (SSSR count). The second kappa shape index (κ2) is 4.00. The third-order valence-electron chi connectivity index (χ3n) is 3.37. The van der Waals surface area contributed by atoms with Crippen LogP contribution in [0.15, 0.2) is 28.8 Å². The summed E-state index contributed by atoms with van der Waals surface area (Å²) in [5.74, 6) is 0.737. The smallest absolute Gasteiger partial charge is 0.153 e. The maximum absolute atomic E-state index is 5.76. The molecule has 1 heterocycles. The first-order valence-electron chi connectivity index (χ1n) is 6.08. The zero-order valence-electron chi connectivity index (χ0n) is 9.94. The van der Waals surface area contributed by atoms with Crippen molar-refractivity contribution < 1.29 is 4.52 Å². The number of rotatable bonds is 2. The molecule has 0 aliphatic heterocycles. The van der Waals surface area contributed by atoms with E-state index >= 15 is 0 Å². The first-order chi connectivity index (χ1) is 8.24. The zero-order chi connectivity index (χ0) is 11.8. The predicted molar refractivity (Wildman–Crippen MR) is 66.6 cm³/mol. The Bertz CT molecular complexity index is 543. The topological polar surface area (TPSA) is 52.0 Å². The largest absolute Gasteiger partial charge is 0.359 e. The van der Waals surface area contributed by atoms with E-state index in [1.54, 1.807) is 0 Å². The lowest BCUT2D eigenvalue weighted by Gasteiger charge is -2.01. The Morgan fingerprint density at radius 2 is 2.06 bits per heavy atom. The molecule has 1 aliphatic carbocycles. The molecule has 0 saturated heterocycles. The van der Waals surface area contributed by atoms with Gasteiger partial charge >= 0.3 is 0 Å². The predicted octanol–water partition coefficient (Wildman–Crippen LogP) is 2.85. The summed E-state index contributed by atoms with van der Waals surface area (Å²) in [7, 11) is 0. The maximum atomic E-state index is 5.76. The van der Waals surface area contributed by atoms with Crippen molar-refractivity contribution in [2.75, 3.05) is 0 Å². The van der Waals surface area contributed by atoms with Crippen molar-refractivity contribution >= 4 is 0 Å². The third kappa shape index (κ3) is 1.87. The van der Waals surface area contributed by atoms with Crippen molar-refractivity contribution in [3.05, 3.63) is 41.2 Å². The van der Waals surface area contributed by atoms with E-state index in [0.717, 1.165) is 17.0 Å². The molecule has 1 unspecified atom stereocenters. The summed E-state index contributed by atoms with van der Waals surface area (Å²) in [5.41, 5.74) is 10.7. The van der Waals surface area contributed by atoms with Crippen molar-refractivity contribution in [3.63, 3.8) is 0 Å². The van der Waals surface area contributed by atoms with Gasteiger partial charge in [-0.2, -0.15) is 0 Å². The Morgan fingerprint density at radius 1 is 1.24 bits per heavy atom. The van der Waals surface area contributed by atoms with Gasteiger partial charge in [0, 0.05) is 11.6 Å². The standard InChI is InChI=1S/C14H16N2O/c1-9(15)14-8-13(16-17-14)12-6-5-10-3-2-4-11(10)7-12/h5-9H,2-4,15H2,1H3. The van der Waals surface area contributed by atoms with Gasteiger partial charge in [0.25, 0.3) is 0 Å². The van der Waals surface area contributed by atoms with E-state index in [-0.39, 0.29) is 6.04 Å². The van der Waals surface area contributed by atoms with Crippen LogP contribution < -0.4 is 5.73 Å². The van der Waals surface area contributed by atoms with Crippen LogP contribution in [0.1, 0.15) is 36.3 Å². The van der Waals surface area contributed by atoms with Crippen molar-refractivity contribution in [3.8, 4) is 11.3 Å². The Hall–Kier alpha value is -1.61. The van der Waals surface area contributed by atoms with Crippen LogP contribution in [0.4, 0.5) is 0 Å². The van der Waals surface area contributed by atoms with E-state index in [4.69, 9.17) is 10.3 Å². The average molecular weight is 228 g/mol. The lowest BCUT2D eigenvalue weighted by Crippen LogP contribution is -2.02. The van der Waals surface area contributed by atoms with Crippen LogP contribution in [0, 0.1) is 0 Å². The van der Waals surface area contributed by atoms with Crippen LogP contribution in [-0.4, -0.2) is 5.16 Å². The maximum Gasteiger partial charge on any atom is 0.153 e. The molecule has 3 nitrogen and oxygen atoms in total. The lowest BCUT2D eigenvalue weighted by atomic mass is 10.0. The normalized spacial score (nSPS) is 15.9. The highest BCUT2D eigenvalue weighted by molar-refractivity contribution is 5.61. The fourth-order valence-corrected chi connectivity index (χ4v) is 2.37. The lowest BCUT2D eigenvalue weighted by molar-refractivity contribution is 0.369. The molecule has 0 bridgehead atoms. The van der Waals surface area contributed by atoms with Gasteiger partial charge < -0.3 is 10.3 Å². The second-order valence-electron chi connectivity index (χ2n) is 4.74. The van der Waals surface area contributed by atoms with Crippen LogP contribution in [0.3, 0.4) is 0 Å². The third-order valence-corrected chi connectivity index (χ3v) is 3.37. The van der Waals surface area contributed by atoms with E-state index in [1.165, 1.54) is 30.4 Å². The molecule has 0 radical (unpaired) electrons. The van der Waals surface area contributed by atoms with Gasteiger partial charge in [-0.1, -0.05) is 17.3 Å². The molecule has 2 N–H and O–H groups in total. The van der Waals surface area contributed by atoms with Crippen LogP contribution in [0.25, 0.3) is 11.3 Å². The van der Waals surface area contributed by atoms with Gasteiger partial charge in [0.1, 0.15) is 5.69 Å². The number of nitrogens with two attached hydrogens (primary N) is 1. The van der Waals surface area contributed by atoms with E-state index in [2.05, 4.69) is 23.4 Å². The van der Waals surface area contributed by atoms with Crippen LogP contribution >= 0.6 is 0 Å². The summed E-state index contributed by atoms with van der Waals surface area (Å²) in [6.07, 6.45) is 3.66. The van der Waals surface area contributed by atoms with Gasteiger partial charge in [0.15, 0.2) is 5.76 Å². The Labute approximate surface area is 101 Å². The van der Waals surface area contributed by atoms with Gasteiger partial charge in [-0.25, -0.2) is 0 Å². The van der Waals surface area contributed by atoms with Gasteiger partial charge in [-0.3, -0.25) is 0 Å². The summed E-state index contributed by atoms with van der Waals surface area (Å²) >= 11 is 0. The summed E-state index contributed by atoms with van der Waals surface area (Å²) in [6.45, 7) is 1.90. The summed E-state index contributed by atoms with van der Waals surface area (Å²) < 4.78 is 5.22. The van der Waals surface area contributed by atoms with Gasteiger partial charge in [-0.15, -0.1) is 0 Å². The summed E-state index contributed by atoms with van der Waals surface area (Å²) in [5, 5.41) is 4.08. The molecule has 0 amide bonds. The number of aromatic nitrogens is 1. The molecule has 2 aromatic rings. The molecule has 3 heteroatoms. The average Bonchev–Trinajstić information content (AvgIpc) is 2.97. The highest BCUT2D eigenvalue weighted by Gasteiger charge is 2.14. The van der Waals surface area contributed by atoms with E-state index < -0.39 is 0 Å². The highest BCUT2D eigenvalue weighted by Crippen LogP contribution is 2.28. The van der Waals surface area contributed by atoms with Crippen LogP contribution in [-0.2, 0) is 12.8 Å². The molecule has 0 saturated carbocycles. The number of hydrogen-bond acceptors (Lipinski definition) is 3. The van der Waals surface area contributed by atoms with E-state index in [1.807, 2.05) is 13.0 Å². The molecule has 88 valence electrons. The van der Waals surface area contributed by atoms with Crippen LogP contribution in [0.5, 0.6) is 0 Å². The molecule has 0 fully saturated rings. The SMILES string of the molecule is CC(N)c1cc(-c2ccc3c(c2)CCC3)no1. The second-order valence-corrected chi connectivity index (χ2v) is 4.74. The molecular formula is C14H16N2O. The Morgan fingerprint density at radius 3 is 2.82 bits per heavy atom. The van der Waals surface area contributed by atoms with Crippen LogP contribution in [0.2, 0.25) is 0 Å². The number of fused-ring (bicyclic) bond motifs is 1. The Balaban J connectivity index is 1.97. The minimum absolute atomic E-state index is 0.106. The van der Waals surface area contributed by atoms with E-state index in [9.17, 15) is 0 Å². The first kappa shape index (κ1) is 10.5. The number of aryl methyl sites for hydroxylation is 2. The van der Waals surface area contributed by atoms with Gasteiger partial charge in [-0.05, 0) is 43.4 Å². The van der Waals surface area contributed by atoms with Crippen molar-refractivity contribution in [1.82, 2.24) is 5.16 Å². The van der Waals surface area contributed by atoms with Gasteiger partial charge in [0.05, 0.1) is 6.04 Å². The summed E-state index contributed by atoms with van der Waals surface area (Å²) in [4.78, 5) is 0. The van der Waals surface area contributed by atoms with Gasteiger partial charge in [0.2, 0.25) is 0 Å². The molecule has 17 heavy (non-hydrogen) atoms. The minimum Gasteiger partial charge on any atom is -0.359 e. The molecule has 1 aromatic heterocycles.